The van der Waals surface area contributed by atoms with Crippen molar-refractivity contribution in [3.8, 4) is 11.5 Å². The van der Waals surface area contributed by atoms with E-state index in [4.69, 9.17) is 21.1 Å². The molecule has 1 amide bonds. The Morgan fingerprint density at radius 2 is 1.43 bits per heavy atom. The quantitative estimate of drug-likeness (QED) is 0.135. The molecule has 0 saturated heterocycles. The van der Waals surface area contributed by atoms with E-state index in [1.165, 1.54) is 70.6 Å². The first kappa shape index (κ1) is 33.5. The van der Waals surface area contributed by atoms with Gasteiger partial charge in [0.2, 0.25) is 0 Å². The van der Waals surface area contributed by atoms with Crippen LogP contribution in [0.1, 0.15) is 89.7 Å². The van der Waals surface area contributed by atoms with Crippen LogP contribution in [0.3, 0.4) is 0 Å². The summed E-state index contributed by atoms with van der Waals surface area (Å²) in [7, 11) is 2.00. The number of rotatable bonds is 20. The average molecular weight is 645 g/mol. The van der Waals surface area contributed by atoms with Crippen molar-refractivity contribution in [2.45, 2.75) is 90.4 Å². The van der Waals surface area contributed by atoms with Crippen molar-refractivity contribution >= 4 is 17.5 Å². The van der Waals surface area contributed by atoms with E-state index < -0.39 is 0 Å². The zero-order valence-electron chi connectivity index (χ0n) is 22.8. The van der Waals surface area contributed by atoms with Crippen LogP contribution >= 0.6 is 11.6 Å². The van der Waals surface area contributed by atoms with Crippen LogP contribution in [0.4, 0.5) is 0 Å². The smallest absolute Gasteiger partial charge is 0.257 e. The van der Waals surface area contributed by atoms with Gasteiger partial charge in [-0.05, 0) is 18.6 Å². The lowest BCUT2D eigenvalue weighted by atomic mass is 10.1. The van der Waals surface area contributed by atoms with Crippen molar-refractivity contribution in [2.24, 2.45) is 7.05 Å². The second kappa shape index (κ2) is 21.4. The van der Waals surface area contributed by atoms with Gasteiger partial charge in [-0.1, -0.05) is 101 Å². The lowest BCUT2D eigenvalue weighted by Crippen LogP contribution is -3.00. The fourth-order valence-electron chi connectivity index (χ4n) is 4.18. The number of hydrogen-bond acceptors (Lipinski definition) is 3. The van der Waals surface area contributed by atoms with Gasteiger partial charge in [0.25, 0.3) is 5.91 Å². The van der Waals surface area contributed by atoms with Crippen LogP contribution in [-0.2, 0) is 18.3 Å². The Kier molecular flexibility index (Phi) is 19.4. The molecule has 37 heavy (non-hydrogen) atoms. The second-order valence-electron chi connectivity index (χ2n) is 9.50. The van der Waals surface area contributed by atoms with Gasteiger partial charge in [0.15, 0.2) is 18.5 Å². The van der Waals surface area contributed by atoms with Crippen LogP contribution in [-0.4, -0.2) is 25.7 Å². The minimum Gasteiger partial charge on any atom is -1.00 e. The highest BCUT2D eigenvalue weighted by Gasteiger charge is 2.11. The number of pyridine rings is 1. The van der Waals surface area contributed by atoms with Gasteiger partial charge in [0, 0.05) is 25.1 Å². The van der Waals surface area contributed by atoms with Crippen LogP contribution in [0, 0.1) is 0 Å². The maximum Gasteiger partial charge on any atom is 0.257 e. The molecule has 5 nitrogen and oxygen atoms in total. The molecule has 0 unspecified atom stereocenters. The molecule has 0 atom stereocenters. The zero-order valence-corrected chi connectivity index (χ0v) is 25.7. The summed E-state index contributed by atoms with van der Waals surface area (Å²) in [4.78, 5) is 12.2. The molecule has 1 aromatic carbocycles. The molecule has 0 aliphatic carbocycles. The first-order valence-electron chi connectivity index (χ1n) is 13.9. The number of aryl methyl sites for hydroxylation is 1. The standard InChI is InChI=1S/C30H45ClN2O3.HI/c1-3-4-5-6-7-8-9-10-11-12-13-16-24-35-27-19-17-20-28(30(27)31)36-25-29(34)32-22-21-26-18-14-15-23-33(26)2;/h14-15,17-20,23H,3-13,16,21-22,24-25H2,1-2H3;1H. The monoisotopic (exact) mass is 644 g/mol. The van der Waals surface area contributed by atoms with Crippen molar-refractivity contribution < 1.29 is 42.8 Å². The fraction of sp³-hybridized carbons (Fsp3) is 0.600. The number of aromatic nitrogens is 1. The SMILES string of the molecule is CCCCCCCCCCCCCCOc1cccc(OCC(=O)NCCc2cccc[n+]2C)c1Cl.[I-]. The topological polar surface area (TPSA) is 51.4 Å². The molecule has 208 valence electrons. The van der Waals surface area contributed by atoms with Gasteiger partial charge in [0.05, 0.1) is 6.61 Å². The predicted octanol–water partition coefficient (Wildman–Crippen LogP) is 3.99. The van der Waals surface area contributed by atoms with E-state index in [9.17, 15) is 4.79 Å². The molecule has 0 aliphatic heterocycles. The maximum absolute atomic E-state index is 12.2. The summed E-state index contributed by atoms with van der Waals surface area (Å²) in [5.74, 6) is 0.898. The molecule has 2 rings (SSSR count). The van der Waals surface area contributed by atoms with E-state index in [0.29, 0.717) is 29.7 Å². The summed E-state index contributed by atoms with van der Waals surface area (Å²) in [6, 6.07) is 11.5. The zero-order chi connectivity index (χ0) is 25.8. The molecule has 1 aromatic heterocycles. The fourth-order valence-corrected chi connectivity index (χ4v) is 4.42. The first-order valence-corrected chi connectivity index (χ1v) is 14.2. The Labute approximate surface area is 246 Å². The number of nitrogens with zero attached hydrogens (tertiary/aromatic N) is 1. The van der Waals surface area contributed by atoms with Crippen molar-refractivity contribution in [3.63, 3.8) is 0 Å². The molecule has 0 saturated carbocycles. The van der Waals surface area contributed by atoms with Crippen LogP contribution in [0.15, 0.2) is 42.6 Å². The van der Waals surface area contributed by atoms with E-state index in [2.05, 4.69) is 12.2 Å². The van der Waals surface area contributed by atoms with Gasteiger partial charge in [-0.15, -0.1) is 0 Å². The predicted molar refractivity (Wildman–Crippen MR) is 148 cm³/mol. The normalized spacial score (nSPS) is 10.6. The highest BCUT2D eigenvalue weighted by atomic mass is 127. The molecule has 0 aliphatic rings. The van der Waals surface area contributed by atoms with Crippen LogP contribution in [0.2, 0.25) is 5.02 Å². The van der Waals surface area contributed by atoms with E-state index in [1.54, 1.807) is 6.07 Å². The van der Waals surface area contributed by atoms with Crippen molar-refractivity contribution in [1.29, 1.82) is 0 Å². The number of nitrogens with one attached hydrogen (secondary N) is 1. The molecule has 0 radical (unpaired) electrons. The van der Waals surface area contributed by atoms with Crippen LogP contribution in [0.25, 0.3) is 0 Å². The largest absolute Gasteiger partial charge is 1.00 e. The van der Waals surface area contributed by atoms with Crippen molar-refractivity contribution in [3.05, 3.63) is 53.3 Å². The number of halogens is 2. The summed E-state index contributed by atoms with van der Waals surface area (Å²) in [6.07, 6.45) is 18.5. The Morgan fingerprint density at radius 1 is 0.838 bits per heavy atom. The van der Waals surface area contributed by atoms with Crippen LogP contribution in [0.5, 0.6) is 11.5 Å². The van der Waals surface area contributed by atoms with E-state index in [0.717, 1.165) is 18.5 Å². The van der Waals surface area contributed by atoms with Crippen molar-refractivity contribution in [2.75, 3.05) is 19.8 Å². The molecule has 1 heterocycles. The van der Waals surface area contributed by atoms with Gasteiger partial charge < -0.3 is 38.8 Å². The third-order valence-electron chi connectivity index (χ3n) is 6.41. The minimum absolute atomic E-state index is 0. The van der Waals surface area contributed by atoms with Crippen molar-refractivity contribution in [1.82, 2.24) is 5.32 Å². The molecule has 0 fully saturated rings. The summed E-state index contributed by atoms with van der Waals surface area (Å²) in [5, 5.41) is 3.31. The lowest BCUT2D eigenvalue weighted by Gasteiger charge is -2.12. The lowest BCUT2D eigenvalue weighted by molar-refractivity contribution is -0.679. The van der Waals surface area contributed by atoms with E-state index in [-0.39, 0.29) is 36.5 Å². The number of amides is 1. The van der Waals surface area contributed by atoms with Crippen LogP contribution < -0.4 is 43.3 Å². The summed E-state index contributed by atoms with van der Waals surface area (Å²) < 4.78 is 13.6. The molecule has 2 aromatic rings. The van der Waals surface area contributed by atoms with E-state index in [1.807, 2.05) is 48.1 Å². The molecule has 0 bridgehead atoms. The van der Waals surface area contributed by atoms with E-state index >= 15 is 0 Å². The van der Waals surface area contributed by atoms with Gasteiger partial charge in [-0.25, -0.2) is 4.57 Å². The molecular weight excluding hydrogens is 599 g/mol. The van der Waals surface area contributed by atoms with Gasteiger partial charge in [0.1, 0.15) is 23.6 Å². The number of carbonyl (C=O) groups excluding carboxylic acids is 1. The summed E-state index contributed by atoms with van der Waals surface area (Å²) in [6.45, 7) is 3.38. The highest BCUT2D eigenvalue weighted by molar-refractivity contribution is 6.33. The Balaban J connectivity index is 0.00000684. The third-order valence-corrected chi connectivity index (χ3v) is 6.78. The third kappa shape index (κ3) is 14.8. The first-order chi connectivity index (χ1) is 17.6. The number of ether oxygens (including phenoxy) is 2. The molecule has 1 N–H and O–H groups in total. The Bertz CT molecular complexity index is 882. The molecule has 7 heteroatoms. The average Bonchev–Trinajstić information content (AvgIpc) is 2.88. The minimum atomic E-state index is -0.174. The summed E-state index contributed by atoms with van der Waals surface area (Å²) >= 11 is 6.46. The van der Waals surface area contributed by atoms with Gasteiger partial charge in [-0.3, -0.25) is 4.79 Å². The number of hydrogen-bond donors (Lipinski definition) is 1. The second-order valence-corrected chi connectivity index (χ2v) is 9.88. The maximum atomic E-state index is 12.2. The Hall–Kier alpha value is -1.54. The number of carbonyl (C=O) groups is 1. The molecular formula is C30H46ClIN2O3. The highest BCUT2D eigenvalue weighted by Crippen LogP contribution is 2.34. The Morgan fingerprint density at radius 3 is 2.05 bits per heavy atom. The molecule has 0 spiro atoms. The van der Waals surface area contributed by atoms with Gasteiger partial charge in [-0.2, -0.15) is 0 Å². The summed E-state index contributed by atoms with van der Waals surface area (Å²) in [5.41, 5.74) is 1.15. The number of unbranched alkanes of at least 4 members (excludes halogenated alkanes) is 11. The van der Waals surface area contributed by atoms with Gasteiger partial charge >= 0.3 is 0 Å². The number of benzene rings is 1.